The minimum atomic E-state index is -0.352. The van der Waals surface area contributed by atoms with Crippen molar-refractivity contribution in [3.8, 4) is 0 Å². The molecule has 29 heavy (non-hydrogen) atoms. The number of hydrogen-bond donors (Lipinski definition) is 1. The predicted molar refractivity (Wildman–Crippen MR) is 107 cm³/mol. The average molecular weight is 398 g/mol. The van der Waals surface area contributed by atoms with Gasteiger partial charge in [0.1, 0.15) is 11.5 Å². The molecule has 0 atom stereocenters. The minimum Gasteiger partial charge on any atom is -0.366 e. The summed E-state index contributed by atoms with van der Waals surface area (Å²) < 4.78 is 2.14. The van der Waals surface area contributed by atoms with Gasteiger partial charge in [-0.15, -0.1) is 10.2 Å². The van der Waals surface area contributed by atoms with Crippen LogP contribution in [0.2, 0.25) is 0 Å². The van der Waals surface area contributed by atoms with Crippen LogP contribution in [0.25, 0.3) is 0 Å². The van der Waals surface area contributed by atoms with Crippen LogP contribution in [0.5, 0.6) is 0 Å². The number of hydrogen-bond acceptors (Lipinski definition) is 6. The van der Waals surface area contributed by atoms with Crippen LogP contribution in [0.3, 0.4) is 0 Å². The number of nitrogens with zero attached hydrogens (tertiary/aromatic N) is 5. The molecule has 1 amide bonds. The molecule has 1 saturated heterocycles. The number of rotatable bonds is 5. The molecular formula is C20H26N6O3. The normalized spacial score (nSPS) is 17.4. The average Bonchev–Trinajstić information content (AvgIpc) is 2.98. The van der Waals surface area contributed by atoms with E-state index < -0.39 is 0 Å². The van der Waals surface area contributed by atoms with E-state index >= 15 is 0 Å². The molecule has 2 aromatic rings. The summed E-state index contributed by atoms with van der Waals surface area (Å²) in [4.78, 5) is 25.6. The SMILES string of the molecule is O=C(NCc1nnc2n1CCCCC2)C1CCN(c2ccccc2[N+](=O)[O-])CC1. The number of nitro groups is 1. The van der Waals surface area contributed by atoms with E-state index in [2.05, 4.69) is 20.1 Å². The molecule has 154 valence electrons. The van der Waals surface area contributed by atoms with E-state index in [0.29, 0.717) is 38.2 Å². The number of carbonyl (C=O) groups is 1. The fourth-order valence-electron chi connectivity index (χ4n) is 4.26. The molecule has 3 heterocycles. The molecule has 0 aliphatic carbocycles. The number of amides is 1. The molecule has 1 fully saturated rings. The first-order valence-corrected chi connectivity index (χ1v) is 10.3. The van der Waals surface area contributed by atoms with Gasteiger partial charge in [0.25, 0.3) is 5.69 Å². The van der Waals surface area contributed by atoms with Gasteiger partial charge in [0, 0.05) is 38.0 Å². The van der Waals surface area contributed by atoms with Gasteiger partial charge in [-0.25, -0.2) is 0 Å². The number of nitrogens with one attached hydrogen (secondary N) is 1. The van der Waals surface area contributed by atoms with Crippen LogP contribution in [0.4, 0.5) is 11.4 Å². The van der Waals surface area contributed by atoms with Gasteiger partial charge in [-0.05, 0) is 31.7 Å². The Hall–Kier alpha value is -2.97. The second-order valence-electron chi connectivity index (χ2n) is 7.72. The molecule has 0 unspecified atom stereocenters. The van der Waals surface area contributed by atoms with Gasteiger partial charge in [-0.3, -0.25) is 14.9 Å². The Labute approximate surface area is 169 Å². The molecule has 0 bridgehead atoms. The Morgan fingerprint density at radius 3 is 2.72 bits per heavy atom. The molecule has 1 N–H and O–H groups in total. The minimum absolute atomic E-state index is 0.0261. The molecule has 9 heteroatoms. The molecule has 1 aromatic carbocycles. The van der Waals surface area contributed by atoms with Crippen molar-refractivity contribution in [3.63, 3.8) is 0 Å². The Morgan fingerprint density at radius 1 is 1.14 bits per heavy atom. The molecular weight excluding hydrogens is 372 g/mol. The van der Waals surface area contributed by atoms with Crippen LogP contribution < -0.4 is 10.2 Å². The molecule has 9 nitrogen and oxygen atoms in total. The standard InChI is InChI=1S/C20H26N6O3/c27-20(21-14-19-23-22-18-8-2-1-5-11-25(18)19)15-9-12-24(13-10-15)16-6-3-4-7-17(16)26(28)29/h3-4,6-7,15H,1-2,5,8-14H2,(H,21,27). The molecule has 0 saturated carbocycles. The molecule has 2 aliphatic rings. The monoisotopic (exact) mass is 398 g/mol. The maximum absolute atomic E-state index is 12.7. The van der Waals surface area contributed by atoms with Crippen molar-refractivity contribution in [1.82, 2.24) is 20.1 Å². The number of aromatic nitrogens is 3. The van der Waals surface area contributed by atoms with Crippen LogP contribution in [0.15, 0.2) is 24.3 Å². The van der Waals surface area contributed by atoms with E-state index in [4.69, 9.17) is 0 Å². The third kappa shape index (κ3) is 4.23. The van der Waals surface area contributed by atoms with E-state index in [-0.39, 0.29) is 22.4 Å². The summed E-state index contributed by atoms with van der Waals surface area (Å²) in [6, 6.07) is 6.78. The van der Waals surface area contributed by atoms with Crippen molar-refractivity contribution in [2.45, 2.75) is 51.6 Å². The summed E-state index contributed by atoms with van der Waals surface area (Å²) in [6.07, 6.45) is 5.77. The van der Waals surface area contributed by atoms with E-state index in [0.717, 1.165) is 37.5 Å². The summed E-state index contributed by atoms with van der Waals surface area (Å²) in [7, 11) is 0. The lowest BCUT2D eigenvalue weighted by molar-refractivity contribution is -0.384. The smallest absolute Gasteiger partial charge is 0.292 e. The van der Waals surface area contributed by atoms with Crippen molar-refractivity contribution >= 4 is 17.3 Å². The quantitative estimate of drug-likeness (QED) is 0.612. The van der Waals surface area contributed by atoms with Gasteiger partial charge < -0.3 is 14.8 Å². The second kappa shape index (κ2) is 8.59. The third-order valence-electron chi connectivity index (χ3n) is 5.89. The molecule has 4 rings (SSSR count). The predicted octanol–water partition coefficient (Wildman–Crippen LogP) is 2.45. The Kier molecular flexibility index (Phi) is 5.73. The first-order chi connectivity index (χ1) is 14.1. The lowest BCUT2D eigenvalue weighted by atomic mass is 9.95. The van der Waals surface area contributed by atoms with Gasteiger partial charge in [0.15, 0.2) is 5.82 Å². The van der Waals surface area contributed by atoms with Crippen LogP contribution in [0.1, 0.15) is 43.8 Å². The number of piperidine rings is 1. The third-order valence-corrected chi connectivity index (χ3v) is 5.89. The van der Waals surface area contributed by atoms with Gasteiger partial charge in [-0.2, -0.15) is 0 Å². The number of fused-ring (bicyclic) bond motifs is 1. The first-order valence-electron chi connectivity index (χ1n) is 10.3. The molecule has 0 spiro atoms. The van der Waals surface area contributed by atoms with Crippen molar-refractivity contribution < 1.29 is 9.72 Å². The van der Waals surface area contributed by atoms with Crippen molar-refractivity contribution in [2.24, 2.45) is 5.92 Å². The highest BCUT2D eigenvalue weighted by atomic mass is 16.6. The largest absolute Gasteiger partial charge is 0.366 e. The molecule has 2 aliphatic heterocycles. The van der Waals surface area contributed by atoms with Gasteiger partial charge in [-0.1, -0.05) is 18.6 Å². The highest BCUT2D eigenvalue weighted by molar-refractivity contribution is 5.79. The fourth-order valence-corrected chi connectivity index (χ4v) is 4.26. The number of carbonyl (C=O) groups excluding carboxylic acids is 1. The van der Waals surface area contributed by atoms with Crippen LogP contribution in [-0.4, -0.2) is 38.7 Å². The number of anilines is 1. The number of para-hydroxylation sites is 2. The van der Waals surface area contributed by atoms with Crippen LogP contribution >= 0.6 is 0 Å². The van der Waals surface area contributed by atoms with Gasteiger partial charge in [0.2, 0.25) is 5.91 Å². The summed E-state index contributed by atoms with van der Waals surface area (Å²) in [6.45, 7) is 2.57. The van der Waals surface area contributed by atoms with E-state index in [9.17, 15) is 14.9 Å². The maximum atomic E-state index is 12.7. The summed E-state index contributed by atoms with van der Waals surface area (Å²) in [5.74, 6) is 1.79. The van der Waals surface area contributed by atoms with E-state index in [1.54, 1.807) is 12.1 Å². The van der Waals surface area contributed by atoms with Crippen LogP contribution in [-0.2, 0) is 24.3 Å². The number of nitro benzene ring substituents is 1. The Morgan fingerprint density at radius 2 is 1.93 bits per heavy atom. The summed E-state index contributed by atoms with van der Waals surface area (Å²) in [5, 5.41) is 22.8. The van der Waals surface area contributed by atoms with Crippen molar-refractivity contribution in [2.75, 3.05) is 18.0 Å². The maximum Gasteiger partial charge on any atom is 0.292 e. The highest BCUT2D eigenvalue weighted by Crippen LogP contribution is 2.31. The molecule has 0 radical (unpaired) electrons. The van der Waals surface area contributed by atoms with Crippen molar-refractivity contribution in [1.29, 1.82) is 0 Å². The van der Waals surface area contributed by atoms with Gasteiger partial charge in [0.05, 0.1) is 11.5 Å². The van der Waals surface area contributed by atoms with E-state index in [1.807, 2.05) is 11.0 Å². The lowest BCUT2D eigenvalue weighted by Gasteiger charge is -2.32. The van der Waals surface area contributed by atoms with Crippen molar-refractivity contribution in [3.05, 3.63) is 46.0 Å². The zero-order valence-electron chi connectivity index (χ0n) is 16.4. The number of aryl methyl sites for hydroxylation is 1. The van der Waals surface area contributed by atoms with Gasteiger partial charge >= 0.3 is 0 Å². The highest BCUT2D eigenvalue weighted by Gasteiger charge is 2.28. The first kappa shape index (κ1) is 19.4. The summed E-state index contributed by atoms with van der Waals surface area (Å²) in [5.41, 5.74) is 0.741. The van der Waals surface area contributed by atoms with Crippen LogP contribution in [0, 0.1) is 16.0 Å². The molecule has 1 aromatic heterocycles. The Balaban J connectivity index is 1.32. The zero-order valence-corrected chi connectivity index (χ0v) is 16.4. The zero-order chi connectivity index (χ0) is 20.2. The summed E-state index contributed by atoms with van der Waals surface area (Å²) >= 11 is 0. The lowest BCUT2D eigenvalue weighted by Crippen LogP contribution is -2.40. The fraction of sp³-hybridized carbons (Fsp3) is 0.550. The van der Waals surface area contributed by atoms with E-state index in [1.165, 1.54) is 12.5 Å². The number of benzene rings is 1. The second-order valence-corrected chi connectivity index (χ2v) is 7.72. The Bertz CT molecular complexity index is 888. The topological polar surface area (TPSA) is 106 Å².